The van der Waals surface area contributed by atoms with Crippen LogP contribution >= 0.6 is 0 Å². The molecular weight excluding hydrogens is 360 g/mol. The molecule has 0 radical (unpaired) electrons. The highest BCUT2D eigenvalue weighted by molar-refractivity contribution is 5.93. The lowest BCUT2D eigenvalue weighted by atomic mass is 10.2. The number of anilines is 3. The van der Waals surface area contributed by atoms with Gasteiger partial charge in [-0.05, 0) is 24.6 Å². The van der Waals surface area contributed by atoms with Crippen LogP contribution in [-0.4, -0.2) is 53.0 Å². The molecule has 1 aliphatic rings. The molecule has 9 heteroatoms. The number of benzene rings is 1. The number of H-pyrrole nitrogens is 1. The third kappa shape index (κ3) is 4.87. The van der Waals surface area contributed by atoms with Crippen molar-refractivity contribution in [2.75, 3.05) is 41.7 Å². The summed E-state index contributed by atoms with van der Waals surface area (Å²) in [6.45, 7) is 3.96. The number of hydrogen-bond acceptors (Lipinski definition) is 5. The summed E-state index contributed by atoms with van der Waals surface area (Å²) in [5, 5.41) is 5.67. The van der Waals surface area contributed by atoms with E-state index in [-0.39, 0.29) is 17.5 Å². The lowest BCUT2D eigenvalue weighted by Crippen LogP contribution is -2.51. The number of piperazine rings is 1. The number of rotatable bonds is 5. The van der Waals surface area contributed by atoms with Gasteiger partial charge < -0.3 is 25.4 Å². The molecule has 28 heavy (non-hydrogen) atoms. The van der Waals surface area contributed by atoms with Gasteiger partial charge >= 0.3 is 6.03 Å². The van der Waals surface area contributed by atoms with Crippen LogP contribution in [0.15, 0.2) is 41.5 Å². The van der Waals surface area contributed by atoms with Gasteiger partial charge in [0, 0.05) is 56.4 Å². The summed E-state index contributed by atoms with van der Waals surface area (Å²) in [7, 11) is 0. The van der Waals surface area contributed by atoms with Crippen LogP contribution in [0.4, 0.5) is 22.0 Å². The first-order chi connectivity index (χ1) is 13.6. The smallest absolute Gasteiger partial charge is 0.321 e. The third-order valence-electron chi connectivity index (χ3n) is 4.43. The number of aromatic nitrogens is 2. The highest BCUT2D eigenvalue weighted by Crippen LogP contribution is 2.17. The molecule has 1 aromatic heterocycles. The molecule has 1 fully saturated rings. The van der Waals surface area contributed by atoms with Gasteiger partial charge in [-0.25, -0.2) is 9.78 Å². The fourth-order valence-electron chi connectivity index (χ4n) is 3.02. The van der Waals surface area contributed by atoms with Crippen molar-refractivity contribution < 1.29 is 9.59 Å². The van der Waals surface area contributed by atoms with Gasteiger partial charge in [0.1, 0.15) is 0 Å². The zero-order valence-electron chi connectivity index (χ0n) is 15.8. The molecule has 1 aliphatic heterocycles. The number of nitrogens with one attached hydrogen (secondary N) is 3. The lowest BCUT2D eigenvalue weighted by molar-refractivity contribution is -0.116. The quantitative estimate of drug-likeness (QED) is 0.729. The summed E-state index contributed by atoms with van der Waals surface area (Å²) in [5.74, 6) is 0.324. The van der Waals surface area contributed by atoms with Crippen molar-refractivity contribution >= 4 is 29.1 Å². The van der Waals surface area contributed by atoms with Gasteiger partial charge in [0.05, 0.1) is 0 Å². The van der Waals surface area contributed by atoms with Crippen molar-refractivity contribution in [3.63, 3.8) is 0 Å². The van der Waals surface area contributed by atoms with Gasteiger partial charge in [0.25, 0.3) is 5.56 Å². The van der Waals surface area contributed by atoms with Gasteiger partial charge in [-0.1, -0.05) is 13.0 Å². The van der Waals surface area contributed by atoms with Crippen LogP contribution in [0.25, 0.3) is 0 Å². The van der Waals surface area contributed by atoms with Crippen LogP contribution in [0.3, 0.4) is 0 Å². The predicted molar refractivity (Wildman–Crippen MR) is 108 cm³/mol. The molecule has 2 heterocycles. The molecule has 1 saturated heterocycles. The average Bonchev–Trinajstić information content (AvgIpc) is 2.69. The molecule has 2 aromatic rings. The van der Waals surface area contributed by atoms with E-state index >= 15 is 0 Å². The molecule has 0 aliphatic carbocycles. The van der Waals surface area contributed by atoms with Gasteiger partial charge in [-0.2, -0.15) is 0 Å². The molecule has 9 nitrogen and oxygen atoms in total. The molecule has 3 rings (SSSR count). The van der Waals surface area contributed by atoms with Crippen LogP contribution in [0.2, 0.25) is 0 Å². The maximum atomic E-state index is 12.5. The second kappa shape index (κ2) is 9.03. The number of urea groups is 1. The second-order valence-electron chi connectivity index (χ2n) is 6.53. The standard InChI is InChI=1S/C19H24N6O3/c1-2-4-16(26)22-14-5-3-6-15(13-14)23-19(28)25-11-9-24(10-12-25)17-18(27)21-8-7-20-17/h3,5-8,13H,2,4,9-12H2,1H3,(H,21,27)(H,22,26)(H,23,28). The molecule has 0 unspecified atom stereocenters. The van der Waals surface area contributed by atoms with E-state index in [0.29, 0.717) is 49.8 Å². The molecule has 1 aromatic carbocycles. The fourth-order valence-corrected chi connectivity index (χ4v) is 3.02. The van der Waals surface area contributed by atoms with E-state index in [4.69, 9.17) is 0 Å². The van der Waals surface area contributed by atoms with Crippen LogP contribution in [0.5, 0.6) is 0 Å². The molecule has 0 spiro atoms. The summed E-state index contributed by atoms with van der Waals surface area (Å²) in [6.07, 6.45) is 4.27. The minimum atomic E-state index is -0.234. The van der Waals surface area contributed by atoms with E-state index in [1.165, 1.54) is 6.20 Å². The Kier molecular flexibility index (Phi) is 6.25. The normalized spacial score (nSPS) is 13.9. The predicted octanol–water partition coefficient (Wildman–Crippen LogP) is 1.86. The van der Waals surface area contributed by atoms with E-state index in [1.807, 2.05) is 11.8 Å². The molecule has 0 bridgehead atoms. The van der Waals surface area contributed by atoms with E-state index in [0.717, 1.165) is 6.42 Å². The number of amides is 3. The summed E-state index contributed by atoms with van der Waals surface area (Å²) >= 11 is 0. The van der Waals surface area contributed by atoms with Gasteiger partial charge in [-0.3, -0.25) is 9.59 Å². The summed E-state index contributed by atoms with van der Waals surface area (Å²) < 4.78 is 0. The Morgan fingerprint density at radius 3 is 2.54 bits per heavy atom. The third-order valence-corrected chi connectivity index (χ3v) is 4.43. The number of carbonyl (C=O) groups is 2. The molecule has 3 N–H and O–H groups in total. The van der Waals surface area contributed by atoms with E-state index in [2.05, 4.69) is 20.6 Å². The SMILES string of the molecule is CCCC(=O)Nc1cccc(NC(=O)N2CCN(c3ncc[nH]c3=O)CC2)c1. The van der Waals surface area contributed by atoms with Crippen molar-refractivity contribution in [3.05, 3.63) is 47.0 Å². The van der Waals surface area contributed by atoms with Crippen LogP contribution < -0.4 is 21.1 Å². The fraction of sp³-hybridized carbons (Fsp3) is 0.368. The van der Waals surface area contributed by atoms with Gasteiger partial charge in [0.15, 0.2) is 5.82 Å². The Hall–Kier alpha value is -3.36. The van der Waals surface area contributed by atoms with Gasteiger partial charge in [-0.15, -0.1) is 0 Å². The molecular formula is C19H24N6O3. The Labute approximate surface area is 162 Å². The maximum Gasteiger partial charge on any atom is 0.321 e. The summed E-state index contributed by atoms with van der Waals surface area (Å²) in [5.41, 5.74) is 1.03. The maximum absolute atomic E-state index is 12.5. The van der Waals surface area contributed by atoms with Crippen molar-refractivity contribution in [1.82, 2.24) is 14.9 Å². The number of carbonyl (C=O) groups excluding carboxylic acids is 2. The van der Waals surface area contributed by atoms with Crippen LogP contribution in [0.1, 0.15) is 19.8 Å². The summed E-state index contributed by atoms with van der Waals surface area (Å²) in [4.78, 5) is 46.4. The van der Waals surface area contributed by atoms with Crippen LogP contribution in [-0.2, 0) is 4.79 Å². The Balaban J connectivity index is 1.55. The van der Waals surface area contributed by atoms with Crippen molar-refractivity contribution in [1.29, 1.82) is 0 Å². The van der Waals surface area contributed by atoms with Crippen molar-refractivity contribution in [2.45, 2.75) is 19.8 Å². The number of hydrogen-bond donors (Lipinski definition) is 3. The monoisotopic (exact) mass is 384 g/mol. The number of nitrogens with zero attached hydrogens (tertiary/aromatic N) is 3. The van der Waals surface area contributed by atoms with E-state index < -0.39 is 0 Å². The first-order valence-corrected chi connectivity index (χ1v) is 9.31. The Morgan fingerprint density at radius 2 is 1.86 bits per heavy atom. The molecule has 0 saturated carbocycles. The Bertz CT molecular complexity index is 889. The zero-order chi connectivity index (χ0) is 19.9. The van der Waals surface area contributed by atoms with E-state index in [9.17, 15) is 14.4 Å². The highest BCUT2D eigenvalue weighted by atomic mass is 16.2. The van der Waals surface area contributed by atoms with Crippen molar-refractivity contribution in [2.24, 2.45) is 0 Å². The minimum absolute atomic E-state index is 0.0494. The Morgan fingerprint density at radius 1 is 1.14 bits per heavy atom. The first kappa shape index (κ1) is 19.4. The second-order valence-corrected chi connectivity index (χ2v) is 6.53. The zero-order valence-corrected chi connectivity index (χ0v) is 15.8. The van der Waals surface area contributed by atoms with E-state index in [1.54, 1.807) is 35.4 Å². The number of aromatic amines is 1. The molecule has 3 amide bonds. The minimum Gasteiger partial charge on any atom is -0.348 e. The van der Waals surface area contributed by atoms with Gasteiger partial charge in [0.2, 0.25) is 5.91 Å². The summed E-state index contributed by atoms with van der Waals surface area (Å²) in [6, 6.07) is 6.85. The molecule has 0 atom stereocenters. The first-order valence-electron chi connectivity index (χ1n) is 9.31. The van der Waals surface area contributed by atoms with Crippen LogP contribution in [0, 0.1) is 0 Å². The molecule has 148 valence electrons. The lowest BCUT2D eigenvalue weighted by Gasteiger charge is -2.34. The average molecular weight is 384 g/mol. The highest BCUT2D eigenvalue weighted by Gasteiger charge is 2.23. The topological polar surface area (TPSA) is 110 Å². The largest absolute Gasteiger partial charge is 0.348 e. The van der Waals surface area contributed by atoms with Crippen molar-refractivity contribution in [3.8, 4) is 0 Å².